The van der Waals surface area contributed by atoms with Crippen molar-refractivity contribution in [1.29, 1.82) is 0 Å². The van der Waals surface area contributed by atoms with Gasteiger partial charge in [-0.05, 0) is 31.0 Å². The van der Waals surface area contributed by atoms with E-state index in [2.05, 4.69) is 4.98 Å². The summed E-state index contributed by atoms with van der Waals surface area (Å²) in [5.41, 5.74) is 1.15. The zero-order valence-corrected chi connectivity index (χ0v) is 10.2. The summed E-state index contributed by atoms with van der Waals surface area (Å²) >= 11 is 1.71. The third kappa shape index (κ3) is 1.93. The Bertz CT molecular complexity index is 570. The minimum atomic E-state index is -0.887. The summed E-state index contributed by atoms with van der Waals surface area (Å²) in [4.78, 5) is 15.5. The maximum absolute atomic E-state index is 10.9. The van der Waals surface area contributed by atoms with Gasteiger partial charge in [0.2, 0.25) is 0 Å². The van der Waals surface area contributed by atoms with E-state index < -0.39 is 5.97 Å². The summed E-state index contributed by atoms with van der Waals surface area (Å²) in [5.74, 6) is -0.289. The van der Waals surface area contributed by atoms with E-state index in [0.29, 0.717) is 11.5 Å². The molecule has 1 fully saturated rings. The van der Waals surface area contributed by atoms with Crippen LogP contribution in [0.1, 0.15) is 47.0 Å². The number of nitrogens with zero attached hydrogens (tertiary/aromatic N) is 1. The fourth-order valence-corrected chi connectivity index (χ4v) is 3.54. The molecule has 1 aromatic heterocycles. The van der Waals surface area contributed by atoms with Crippen molar-refractivity contribution in [3.05, 3.63) is 28.8 Å². The van der Waals surface area contributed by atoms with Gasteiger partial charge in [-0.3, -0.25) is 0 Å². The minimum absolute atomic E-state index is 0.320. The van der Waals surface area contributed by atoms with Crippen LogP contribution in [0.3, 0.4) is 0 Å². The SMILES string of the molecule is O=C(O)c1ccc2sc(C3CCCC3)nc2c1. The van der Waals surface area contributed by atoms with Crippen LogP contribution in [0, 0.1) is 0 Å². The summed E-state index contributed by atoms with van der Waals surface area (Å²) in [7, 11) is 0. The zero-order chi connectivity index (χ0) is 11.8. The Morgan fingerprint density at radius 1 is 1.35 bits per heavy atom. The largest absolute Gasteiger partial charge is 0.478 e. The lowest BCUT2D eigenvalue weighted by Gasteiger charge is -2.01. The van der Waals surface area contributed by atoms with E-state index in [0.717, 1.165) is 10.2 Å². The van der Waals surface area contributed by atoms with Crippen LogP contribution in [-0.4, -0.2) is 16.1 Å². The van der Waals surface area contributed by atoms with E-state index in [9.17, 15) is 4.79 Å². The average molecular weight is 247 g/mol. The van der Waals surface area contributed by atoms with Crippen LogP contribution in [-0.2, 0) is 0 Å². The Balaban J connectivity index is 2.03. The summed E-state index contributed by atoms with van der Waals surface area (Å²) in [6.07, 6.45) is 5.04. The molecule has 0 radical (unpaired) electrons. The Morgan fingerprint density at radius 2 is 2.12 bits per heavy atom. The van der Waals surface area contributed by atoms with Crippen LogP contribution in [0.4, 0.5) is 0 Å². The number of carboxylic acids is 1. The van der Waals surface area contributed by atoms with Crippen molar-refractivity contribution in [2.24, 2.45) is 0 Å². The van der Waals surface area contributed by atoms with Gasteiger partial charge in [-0.2, -0.15) is 0 Å². The van der Waals surface area contributed by atoms with Gasteiger partial charge in [0.05, 0.1) is 20.8 Å². The molecule has 4 heteroatoms. The molecule has 2 aromatic rings. The maximum atomic E-state index is 10.9. The third-order valence-corrected chi connectivity index (χ3v) is 4.55. The van der Waals surface area contributed by atoms with Crippen molar-refractivity contribution in [1.82, 2.24) is 4.98 Å². The van der Waals surface area contributed by atoms with Gasteiger partial charge >= 0.3 is 5.97 Å². The second-order valence-electron chi connectivity index (χ2n) is 4.52. The van der Waals surface area contributed by atoms with Crippen LogP contribution in [0.25, 0.3) is 10.2 Å². The molecule has 0 saturated heterocycles. The van der Waals surface area contributed by atoms with E-state index in [4.69, 9.17) is 5.11 Å². The van der Waals surface area contributed by atoms with E-state index in [-0.39, 0.29) is 0 Å². The van der Waals surface area contributed by atoms with Crippen molar-refractivity contribution < 1.29 is 9.90 Å². The molecule has 88 valence electrons. The highest BCUT2D eigenvalue weighted by Gasteiger charge is 2.20. The number of carbonyl (C=O) groups is 1. The maximum Gasteiger partial charge on any atom is 0.335 e. The van der Waals surface area contributed by atoms with Gasteiger partial charge in [0.25, 0.3) is 0 Å². The average Bonchev–Trinajstić information content (AvgIpc) is 2.96. The van der Waals surface area contributed by atoms with Gasteiger partial charge in [-0.15, -0.1) is 11.3 Å². The first-order valence-electron chi connectivity index (χ1n) is 5.88. The van der Waals surface area contributed by atoms with E-state index in [1.54, 1.807) is 23.5 Å². The molecule has 0 unspecified atom stereocenters. The lowest BCUT2D eigenvalue weighted by Crippen LogP contribution is -1.95. The van der Waals surface area contributed by atoms with Gasteiger partial charge in [-0.25, -0.2) is 9.78 Å². The summed E-state index contributed by atoms with van der Waals surface area (Å²) in [5, 5.41) is 10.1. The Labute approximate surface area is 103 Å². The zero-order valence-electron chi connectivity index (χ0n) is 9.35. The molecule has 0 bridgehead atoms. The molecule has 1 heterocycles. The molecule has 1 aliphatic rings. The van der Waals surface area contributed by atoms with Gasteiger partial charge in [-0.1, -0.05) is 12.8 Å². The van der Waals surface area contributed by atoms with Crippen molar-refractivity contribution >= 4 is 27.5 Å². The molecule has 1 N–H and O–H groups in total. The molecule has 0 atom stereocenters. The highest BCUT2D eigenvalue weighted by Crippen LogP contribution is 2.38. The van der Waals surface area contributed by atoms with Crippen LogP contribution in [0.5, 0.6) is 0 Å². The van der Waals surface area contributed by atoms with Crippen molar-refractivity contribution in [3.63, 3.8) is 0 Å². The van der Waals surface area contributed by atoms with Crippen LogP contribution in [0.2, 0.25) is 0 Å². The smallest absolute Gasteiger partial charge is 0.335 e. The lowest BCUT2D eigenvalue weighted by molar-refractivity contribution is 0.0697. The van der Waals surface area contributed by atoms with Crippen LogP contribution >= 0.6 is 11.3 Å². The molecule has 1 saturated carbocycles. The highest BCUT2D eigenvalue weighted by atomic mass is 32.1. The molecular formula is C13H13NO2S. The molecule has 3 rings (SSSR count). The molecule has 0 spiro atoms. The van der Waals surface area contributed by atoms with E-state index in [1.165, 1.54) is 30.7 Å². The number of aromatic nitrogens is 1. The van der Waals surface area contributed by atoms with Gasteiger partial charge in [0, 0.05) is 5.92 Å². The molecule has 0 aliphatic heterocycles. The lowest BCUT2D eigenvalue weighted by atomic mass is 10.1. The fourth-order valence-electron chi connectivity index (χ4n) is 2.43. The Kier molecular flexibility index (Phi) is 2.59. The molecule has 1 aromatic carbocycles. The van der Waals surface area contributed by atoms with Crippen molar-refractivity contribution in [2.45, 2.75) is 31.6 Å². The number of rotatable bonds is 2. The monoisotopic (exact) mass is 247 g/mol. The number of fused-ring (bicyclic) bond motifs is 1. The number of benzene rings is 1. The van der Waals surface area contributed by atoms with Crippen molar-refractivity contribution in [2.75, 3.05) is 0 Å². The summed E-state index contributed by atoms with van der Waals surface area (Å²) in [6.45, 7) is 0. The van der Waals surface area contributed by atoms with Crippen LogP contribution in [0.15, 0.2) is 18.2 Å². The number of thiazole rings is 1. The second-order valence-corrected chi connectivity index (χ2v) is 5.58. The molecule has 17 heavy (non-hydrogen) atoms. The molecular weight excluding hydrogens is 234 g/mol. The fraction of sp³-hybridized carbons (Fsp3) is 0.385. The predicted octanol–water partition coefficient (Wildman–Crippen LogP) is 3.65. The predicted molar refractivity (Wildman–Crippen MR) is 67.8 cm³/mol. The number of hydrogen-bond donors (Lipinski definition) is 1. The Hall–Kier alpha value is -1.42. The van der Waals surface area contributed by atoms with Gasteiger partial charge < -0.3 is 5.11 Å². The molecule has 3 nitrogen and oxygen atoms in total. The quantitative estimate of drug-likeness (QED) is 0.881. The third-order valence-electron chi connectivity index (χ3n) is 3.36. The van der Waals surface area contributed by atoms with Crippen LogP contribution < -0.4 is 0 Å². The van der Waals surface area contributed by atoms with Crippen molar-refractivity contribution in [3.8, 4) is 0 Å². The molecule has 1 aliphatic carbocycles. The normalized spacial score (nSPS) is 16.7. The number of carboxylic acid groups (broad SMARTS) is 1. The second kappa shape index (κ2) is 4.11. The topological polar surface area (TPSA) is 50.2 Å². The standard InChI is InChI=1S/C13H13NO2S/c15-13(16)9-5-6-11-10(7-9)14-12(17-11)8-3-1-2-4-8/h5-8H,1-4H2,(H,15,16). The first-order valence-corrected chi connectivity index (χ1v) is 6.69. The van der Waals surface area contributed by atoms with Gasteiger partial charge in [0.15, 0.2) is 0 Å². The van der Waals surface area contributed by atoms with E-state index >= 15 is 0 Å². The Morgan fingerprint density at radius 3 is 2.82 bits per heavy atom. The summed E-state index contributed by atoms with van der Waals surface area (Å²) in [6, 6.07) is 5.20. The van der Waals surface area contributed by atoms with Gasteiger partial charge in [0.1, 0.15) is 0 Å². The summed E-state index contributed by atoms with van der Waals surface area (Å²) < 4.78 is 1.09. The molecule has 0 amide bonds. The van der Waals surface area contributed by atoms with E-state index in [1.807, 2.05) is 6.07 Å². The minimum Gasteiger partial charge on any atom is -0.478 e. The first kappa shape index (κ1) is 10.7. The number of aromatic carboxylic acids is 1. The first-order chi connectivity index (χ1) is 8.24. The highest BCUT2D eigenvalue weighted by molar-refractivity contribution is 7.18. The number of hydrogen-bond acceptors (Lipinski definition) is 3.